The second-order valence-electron chi connectivity index (χ2n) is 8.36. The summed E-state index contributed by atoms with van der Waals surface area (Å²) in [5, 5.41) is 3.13. The van der Waals surface area contributed by atoms with Crippen LogP contribution in [0.4, 0.5) is 10.5 Å². The highest BCUT2D eigenvalue weighted by Crippen LogP contribution is 2.25. The SMILES string of the molecule is O=C(NC1CCCCC1)N1CCN(C(=O)c2cccc(N3CCCS3(=O)=O)c2)CC1. The lowest BCUT2D eigenvalue weighted by Crippen LogP contribution is -2.54. The molecule has 2 aliphatic heterocycles. The first-order valence-electron chi connectivity index (χ1n) is 10.9. The van der Waals surface area contributed by atoms with Crippen LogP contribution in [0.1, 0.15) is 48.9 Å². The van der Waals surface area contributed by atoms with Crippen LogP contribution in [0.3, 0.4) is 0 Å². The molecule has 0 unspecified atom stereocenters. The van der Waals surface area contributed by atoms with Gasteiger partial charge in [-0.2, -0.15) is 0 Å². The van der Waals surface area contributed by atoms with Gasteiger partial charge in [0.15, 0.2) is 0 Å². The van der Waals surface area contributed by atoms with E-state index in [0.29, 0.717) is 50.4 Å². The molecule has 8 nitrogen and oxygen atoms in total. The molecule has 9 heteroatoms. The zero-order valence-corrected chi connectivity index (χ0v) is 18.1. The number of nitrogens with zero attached hydrogens (tertiary/aromatic N) is 3. The Morgan fingerprint density at radius 2 is 1.60 bits per heavy atom. The van der Waals surface area contributed by atoms with E-state index in [2.05, 4.69) is 5.32 Å². The van der Waals surface area contributed by atoms with Crippen LogP contribution in [-0.2, 0) is 10.0 Å². The molecule has 0 atom stereocenters. The number of nitrogens with one attached hydrogen (secondary N) is 1. The molecule has 30 heavy (non-hydrogen) atoms. The zero-order chi connectivity index (χ0) is 21.1. The molecular formula is C21H30N4O4S. The number of anilines is 1. The van der Waals surface area contributed by atoms with Gasteiger partial charge in [-0.15, -0.1) is 0 Å². The van der Waals surface area contributed by atoms with Crippen LogP contribution in [0.5, 0.6) is 0 Å². The van der Waals surface area contributed by atoms with Crippen LogP contribution in [0.15, 0.2) is 24.3 Å². The first kappa shape index (κ1) is 21.0. The molecule has 164 valence electrons. The van der Waals surface area contributed by atoms with Gasteiger partial charge in [0.1, 0.15) is 0 Å². The smallest absolute Gasteiger partial charge is 0.317 e. The standard InChI is InChI=1S/C21H30N4O4S/c26-20(17-6-4-9-19(16-17)25-10-5-15-30(25,28)29)23-11-13-24(14-12-23)21(27)22-18-7-2-1-3-8-18/h4,6,9,16,18H,1-3,5,7-8,10-15H2,(H,22,27). The summed E-state index contributed by atoms with van der Waals surface area (Å²) in [6.07, 6.45) is 6.29. The zero-order valence-electron chi connectivity index (χ0n) is 17.3. The summed E-state index contributed by atoms with van der Waals surface area (Å²) in [6, 6.07) is 7.08. The van der Waals surface area contributed by atoms with E-state index in [1.807, 2.05) is 0 Å². The first-order valence-corrected chi connectivity index (χ1v) is 12.5. The number of piperazine rings is 1. The molecule has 1 aliphatic carbocycles. The summed E-state index contributed by atoms with van der Waals surface area (Å²) in [5.74, 6) is 0.0246. The van der Waals surface area contributed by atoms with Gasteiger partial charge in [0.05, 0.1) is 11.4 Å². The number of hydrogen-bond donors (Lipinski definition) is 1. The highest BCUT2D eigenvalue weighted by atomic mass is 32.2. The van der Waals surface area contributed by atoms with Gasteiger partial charge in [-0.1, -0.05) is 25.3 Å². The third kappa shape index (κ3) is 4.55. The van der Waals surface area contributed by atoms with Gasteiger partial charge in [-0.25, -0.2) is 13.2 Å². The largest absolute Gasteiger partial charge is 0.335 e. The van der Waals surface area contributed by atoms with Crippen LogP contribution in [-0.4, -0.2) is 74.7 Å². The normalized spacial score (nSPS) is 22.2. The summed E-state index contributed by atoms with van der Waals surface area (Å²) in [4.78, 5) is 29.0. The molecular weight excluding hydrogens is 404 g/mol. The number of rotatable bonds is 3. The molecule has 1 saturated carbocycles. The van der Waals surface area contributed by atoms with E-state index in [9.17, 15) is 18.0 Å². The predicted octanol–water partition coefficient (Wildman–Crippen LogP) is 2.03. The van der Waals surface area contributed by atoms with Gasteiger partial charge in [-0.3, -0.25) is 9.10 Å². The lowest BCUT2D eigenvalue weighted by Gasteiger charge is -2.36. The predicted molar refractivity (Wildman–Crippen MR) is 115 cm³/mol. The number of carbonyl (C=O) groups excluding carboxylic acids is 2. The third-order valence-electron chi connectivity index (χ3n) is 6.27. The van der Waals surface area contributed by atoms with Crippen LogP contribution < -0.4 is 9.62 Å². The minimum absolute atomic E-state index is 0.0322. The van der Waals surface area contributed by atoms with Gasteiger partial charge in [0.25, 0.3) is 5.91 Å². The Kier molecular flexibility index (Phi) is 6.17. The number of benzene rings is 1. The van der Waals surface area contributed by atoms with Crippen molar-refractivity contribution in [3.05, 3.63) is 29.8 Å². The molecule has 3 amide bonds. The molecule has 0 bridgehead atoms. The van der Waals surface area contributed by atoms with E-state index in [1.165, 1.54) is 23.6 Å². The number of carbonyl (C=O) groups is 2. The maximum atomic E-state index is 13.0. The van der Waals surface area contributed by atoms with Crippen molar-refractivity contribution in [3.8, 4) is 0 Å². The van der Waals surface area contributed by atoms with Crippen molar-refractivity contribution in [2.75, 3.05) is 42.8 Å². The first-order chi connectivity index (χ1) is 14.4. The van der Waals surface area contributed by atoms with Crippen molar-refractivity contribution in [2.45, 2.75) is 44.6 Å². The van der Waals surface area contributed by atoms with E-state index >= 15 is 0 Å². The van der Waals surface area contributed by atoms with Gasteiger partial charge in [0.2, 0.25) is 10.0 Å². The van der Waals surface area contributed by atoms with Crippen LogP contribution in [0.2, 0.25) is 0 Å². The summed E-state index contributed by atoms with van der Waals surface area (Å²) < 4.78 is 25.7. The monoisotopic (exact) mass is 434 g/mol. The molecule has 1 aromatic rings. The Balaban J connectivity index is 1.34. The van der Waals surface area contributed by atoms with E-state index < -0.39 is 10.0 Å². The quantitative estimate of drug-likeness (QED) is 0.788. The number of hydrogen-bond acceptors (Lipinski definition) is 4. The van der Waals surface area contributed by atoms with Crippen LogP contribution >= 0.6 is 0 Å². The van der Waals surface area contributed by atoms with Gasteiger partial charge in [-0.05, 0) is 37.5 Å². The fourth-order valence-corrected chi connectivity index (χ4v) is 6.09. The number of sulfonamides is 1. The highest BCUT2D eigenvalue weighted by molar-refractivity contribution is 7.93. The maximum absolute atomic E-state index is 13.0. The lowest BCUT2D eigenvalue weighted by molar-refractivity contribution is 0.0662. The molecule has 3 fully saturated rings. The van der Waals surface area contributed by atoms with Gasteiger partial charge in [0, 0.05) is 44.3 Å². The van der Waals surface area contributed by atoms with Crippen molar-refractivity contribution >= 4 is 27.6 Å². The van der Waals surface area contributed by atoms with Crippen LogP contribution in [0.25, 0.3) is 0 Å². The fourth-order valence-electron chi connectivity index (χ4n) is 4.53. The number of amides is 3. The second-order valence-corrected chi connectivity index (χ2v) is 10.4. The minimum Gasteiger partial charge on any atom is -0.335 e. The Labute approximate surface area is 178 Å². The van der Waals surface area contributed by atoms with Crippen molar-refractivity contribution in [1.29, 1.82) is 0 Å². The summed E-state index contributed by atoms with van der Waals surface area (Å²) in [5.41, 5.74) is 1.03. The Morgan fingerprint density at radius 3 is 2.27 bits per heavy atom. The van der Waals surface area contributed by atoms with Crippen molar-refractivity contribution in [3.63, 3.8) is 0 Å². The lowest BCUT2D eigenvalue weighted by atomic mass is 9.96. The second kappa shape index (κ2) is 8.83. The molecule has 1 aromatic carbocycles. The highest BCUT2D eigenvalue weighted by Gasteiger charge is 2.30. The maximum Gasteiger partial charge on any atom is 0.317 e. The Hall–Kier alpha value is -2.29. The molecule has 3 aliphatic rings. The molecule has 2 heterocycles. The molecule has 1 N–H and O–H groups in total. The summed E-state index contributed by atoms with van der Waals surface area (Å²) >= 11 is 0. The molecule has 0 aromatic heterocycles. The minimum atomic E-state index is -3.28. The molecule has 0 spiro atoms. The van der Waals surface area contributed by atoms with E-state index in [-0.39, 0.29) is 23.7 Å². The van der Waals surface area contributed by atoms with E-state index in [1.54, 1.807) is 34.1 Å². The third-order valence-corrected chi connectivity index (χ3v) is 8.14. The van der Waals surface area contributed by atoms with Crippen LogP contribution in [0, 0.1) is 0 Å². The Bertz CT molecular complexity index is 890. The fraction of sp³-hybridized carbons (Fsp3) is 0.619. The van der Waals surface area contributed by atoms with Crippen molar-refractivity contribution in [1.82, 2.24) is 15.1 Å². The molecule has 2 saturated heterocycles. The Morgan fingerprint density at radius 1 is 0.900 bits per heavy atom. The van der Waals surface area contributed by atoms with Gasteiger partial charge >= 0.3 is 6.03 Å². The van der Waals surface area contributed by atoms with E-state index in [0.717, 1.165) is 12.8 Å². The average Bonchev–Trinajstić information content (AvgIpc) is 3.13. The summed E-state index contributed by atoms with van der Waals surface area (Å²) in [7, 11) is -3.28. The average molecular weight is 435 g/mol. The van der Waals surface area contributed by atoms with Crippen molar-refractivity contribution < 1.29 is 18.0 Å². The number of urea groups is 1. The van der Waals surface area contributed by atoms with Crippen molar-refractivity contribution in [2.24, 2.45) is 0 Å². The van der Waals surface area contributed by atoms with Gasteiger partial charge < -0.3 is 15.1 Å². The van der Waals surface area contributed by atoms with E-state index in [4.69, 9.17) is 0 Å². The topological polar surface area (TPSA) is 90.0 Å². The molecule has 0 radical (unpaired) electrons. The summed E-state index contributed by atoms with van der Waals surface area (Å²) in [6.45, 7) is 2.41. The molecule has 4 rings (SSSR count).